The molecule has 1 unspecified atom stereocenters. The molecule has 1 aliphatic heterocycles. The number of primary sulfonamides is 1. The Bertz CT molecular complexity index is 668. The number of fused-ring (bicyclic) bond motifs is 1. The van der Waals surface area contributed by atoms with Crippen LogP contribution in [0.2, 0.25) is 0 Å². The summed E-state index contributed by atoms with van der Waals surface area (Å²) in [5.41, 5.74) is 0.155. The largest absolute Gasteiger partial charge is 0.491 e. The number of carbonyl (C=O) groups is 1. The van der Waals surface area contributed by atoms with E-state index in [2.05, 4.69) is 5.32 Å². The molecule has 0 fully saturated rings. The maximum atomic E-state index is 12.2. The van der Waals surface area contributed by atoms with E-state index < -0.39 is 15.4 Å². The zero-order valence-corrected chi connectivity index (χ0v) is 13.2. The molecule has 3 N–H and O–H groups in total. The standard InChI is InChI=1S/C14H20N2O4S/c1-4-14(2,3)13(17)16-11-8-20-12-6-5-9(7-10(11)12)21(15,18)19/h5-7,11H,4,8H2,1-3H3,(H,16,17)(H2,15,18,19). The van der Waals surface area contributed by atoms with Crippen LogP contribution in [0.3, 0.4) is 0 Å². The average Bonchev–Trinajstić information content (AvgIpc) is 2.80. The zero-order valence-electron chi connectivity index (χ0n) is 12.3. The number of hydrogen-bond acceptors (Lipinski definition) is 4. The van der Waals surface area contributed by atoms with Crippen LogP contribution in [0, 0.1) is 5.41 Å². The molecule has 0 bridgehead atoms. The zero-order chi connectivity index (χ0) is 15.8. The monoisotopic (exact) mass is 312 g/mol. The molecule has 1 aromatic carbocycles. The maximum absolute atomic E-state index is 12.2. The van der Waals surface area contributed by atoms with Crippen LogP contribution in [0.4, 0.5) is 0 Å². The summed E-state index contributed by atoms with van der Waals surface area (Å²) in [6.07, 6.45) is 0.705. The Morgan fingerprint density at radius 3 is 2.71 bits per heavy atom. The lowest BCUT2D eigenvalue weighted by Crippen LogP contribution is -2.39. The number of nitrogens with one attached hydrogen (secondary N) is 1. The molecule has 1 heterocycles. The lowest BCUT2D eigenvalue weighted by molar-refractivity contribution is -0.130. The van der Waals surface area contributed by atoms with Gasteiger partial charge in [0, 0.05) is 11.0 Å². The number of hydrogen-bond donors (Lipinski definition) is 2. The van der Waals surface area contributed by atoms with Gasteiger partial charge in [-0.1, -0.05) is 20.8 Å². The van der Waals surface area contributed by atoms with E-state index in [4.69, 9.17) is 9.88 Å². The van der Waals surface area contributed by atoms with Gasteiger partial charge in [0.1, 0.15) is 12.4 Å². The predicted octanol–water partition coefficient (Wildman–Crippen LogP) is 1.32. The summed E-state index contributed by atoms with van der Waals surface area (Å²) < 4.78 is 28.3. The normalized spacial score (nSPS) is 18.0. The molecule has 1 aliphatic rings. The van der Waals surface area contributed by atoms with E-state index in [1.165, 1.54) is 12.1 Å². The van der Waals surface area contributed by atoms with Crippen LogP contribution in [0.5, 0.6) is 5.75 Å². The minimum Gasteiger partial charge on any atom is -0.491 e. The van der Waals surface area contributed by atoms with Gasteiger partial charge in [0.2, 0.25) is 15.9 Å². The summed E-state index contributed by atoms with van der Waals surface area (Å²) in [4.78, 5) is 12.2. The molecule has 0 aromatic heterocycles. The quantitative estimate of drug-likeness (QED) is 0.876. The van der Waals surface area contributed by atoms with E-state index in [0.717, 1.165) is 0 Å². The second kappa shape index (κ2) is 5.31. The van der Waals surface area contributed by atoms with Crippen LogP contribution in [0.1, 0.15) is 38.8 Å². The molecule has 0 aliphatic carbocycles. The van der Waals surface area contributed by atoms with Crippen LogP contribution in [0.25, 0.3) is 0 Å². The molecule has 6 nitrogen and oxygen atoms in total. The molecule has 1 atom stereocenters. The SMILES string of the molecule is CCC(C)(C)C(=O)NC1COc2ccc(S(N)(=O)=O)cc21. The van der Waals surface area contributed by atoms with Crippen LogP contribution in [-0.2, 0) is 14.8 Å². The summed E-state index contributed by atoms with van der Waals surface area (Å²) in [6, 6.07) is 4.06. The summed E-state index contributed by atoms with van der Waals surface area (Å²) in [7, 11) is -3.78. The fraction of sp³-hybridized carbons (Fsp3) is 0.500. The first-order chi connectivity index (χ1) is 9.65. The van der Waals surface area contributed by atoms with E-state index in [1.54, 1.807) is 6.07 Å². The Morgan fingerprint density at radius 2 is 2.14 bits per heavy atom. The molecule has 1 amide bonds. The number of rotatable bonds is 4. The molecular formula is C14H20N2O4S. The van der Waals surface area contributed by atoms with Crippen molar-refractivity contribution >= 4 is 15.9 Å². The van der Waals surface area contributed by atoms with Crippen molar-refractivity contribution in [3.8, 4) is 5.75 Å². The van der Waals surface area contributed by atoms with Crippen LogP contribution >= 0.6 is 0 Å². The van der Waals surface area contributed by atoms with E-state index >= 15 is 0 Å². The summed E-state index contributed by atoms with van der Waals surface area (Å²) in [5, 5.41) is 8.04. The van der Waals surface area contributed by atoms with Gasteiger partial charge in [-0.15, -0.1) is 0 Å². The van der Waals surface area contributed by atoms with Crippen molar-refractivity contribution in [2.24, 2.45) is 10.6 Å². The minimum absolute atomic E-state index is 0.0146. The molecule has 1 aromatic rings. The van der Waals surface area contributed by atoms with Gasteiger partial charge < -0.3 is 10.1 Å². The lowest BCUT2D eigenvalue weighted by atomic mass is 9.89. The van der Waals surface area contributed by atoms with E-state index in [0.29, 0.717) is 17.7 Å². The first-order valence-corrected chi connectivity index (χ1v) is 8.30. The molecule has 0 spiro atoms. The molecule has 0 saturated carbocycles. The number of sulfonamides is 1. The molecule has 21 heavy (non-hydrogen) atoms. The van der Waals surface area contributed by atoms with Gasteiger partial charge in [0.05, 0.1) is 10.9 Å². The summed E-state index contributed by atoms with van der Waals surface area (Å²) in [6.45, 7) is 5.95. The first-order valence-electron chi connectivity index (χ1n) is 6.75. The Balaban J connectivity index is 2.27. The number of nitrogens with two attached hydrogens (primary N) is 1. The number of ether oxygens (including phenoxy) is 1. The molecule has 0 radical (unpaired) electrons. The Hall–Kier alpha value is -1.60. The molecule has 0 saturated heterocycles. The fourth-order valence-electron chi connectivity index (χ4n) is 2.00. The highest BCUT2D eigenvalue weighted by Gasteiger charge is 2.32. The van der Waals surface area contributed by atoms with Gasteiger partial charge in [-0.25, -0.2) is 13.6 Å². The van der Waals surface area contributed by atoms with Gasteiger partial charge in [0.15, 0.2) is 0 Å². The van der Waals surface area contributed by atoms with Crippen molar-refractivity contribution in [1.29, 1.82) is 0 Å². The number of benzene rings is 1. The van der Waals surface area contributed by atoms with Crippen molar-refractivity contribution < 1.29 is 17.9 Å². The highest BCUT2D eigenvalue weighted by Crippen LogP contribution is 2.34. The van der Waals surface area contributed by atoms with Gasteiger partial charge in [-0.2, -0.15) is 0 Å². The smallest absolute Gasteiger partial charge is 0.238 e. The molecule has 7 heteroatoms. The number of carbonyl (C=O) groups excluding carboxylic acids is 1. The Labute approximate surface area is 124 Å². The lowest BCUT2D eigenvalue weighted by Gasteiger charge is -2.24. The third-order valence-electron chi connectivity index (χ3n) is 3.89. The Morgan fingerprint density at radius 1 is 1.48 bits per heavy atom. The third kappa shape index (κ3) is 3.19. The third-order valence-corrected chi connectivity index (χ3v) is 4.81. The van der Waals surface area contributed by atoms with Gasteiger partial charge >= 0.3 is 0 Å². The minimum atomic E-state index is -3.78. The van der Waals surface area contributed by atoms with Crippen LogP contribution in [0.15, 0.2) is 23.1 Å². The van der Waals surface area contributed by atoms with Crippen molar-refractivity contribution in [2.45, 2.75) is 38.1 Å². The first kappa shape index (κ1) is 15.8. The topological polar surface area (TPSA) is 98.5 Å². The van der Waals surface area contributed by atoms with Crippen molar-refractivity contribution in [3.05, 3.63) is 23.8 Å². The number of amides is 1. The van der Waals surface area contributed by atoms with Crippen molar-refractivity contribution in [3.63, 3.8) is 0 Å². The van der Waals surface area contributed by atoms with Gasteiger partial charge in [0.25, 0.3) is 0 Å². The van der Waals surface area contributed by atoms with Gasteiger partial charge in [-0.3, -0.25) is 4.79 Å². The highest BCUT2D eigenvalue weighted by molar-refractivity contribution is 7.89. The maximum Gasteiger partial charge on any atom is 0.238 e. The van der Waals surface area contributed by atoms with Crippen molar-refractivity contribution in [1.82, 2.24) is 5.32 Å². The van der Waals surface area contributed by atoms with E-state index in [-0.39, 0.29) is 23.5 Å². The molecule has 116 valence electrons. The second-order valence-corrected chi connectivity index (χ2v) is 7.38. The van der Waals surface area contributed by atoms with Gasteiger partial charge in [-0.05, 0) is 24.6 Å². The molecule has 2 rings (SSSR count). The van der Waals surface area contributed by atoms with E-state index in [1.807, 2.05) is 20.8 Å². The van der Waals surface area contributed by atoms with E-state index in [9.17, 15) is 13.2 Å². The molecular weight excluding hydrogens is 292 g/mol. The Kier molecular flexibility index (Phi) is 3.99. The van der Waals surface area contributed by atoms with Crippen molar-refractivity contribution in [2.75, 3.05) is 6.61 Å². The van der Waals surface area contributed by atoms with Crippen LogP contribution < -0.4 is 15.2 Å². The predicted molar refractivity (Wildman–Crippen MR) is 78.3 cm³/mol. The second-order valence-electron chi connectivity index (χ2n) is 5.82. The fourth-order valence-corrected chi connectivity index (χ4v) is 2.55. The highest BCUT2D eigenvalue weighted by atomic mass is 32.2. The average molecular weight is 312 g/mol. The van der Waals surface area contributed by atoms with Crippen LogP contribution in [-0.4, -0.2) is 20.9 Å². The summed E-state index contributed by atoms with van der Waals surface area (Å²) >= 11 is 0. The summed E-state index contributed by atoms with van der Waals surface area (Å²) in [5.74, 6) is 0.481.